The minimum Gasteiger partial charge on any atom is -0.475 e. The van der Waals surface area contributed by atoms with Crippen molar-refractivity contribution < 1.29 is 46.1 Å². The van der Waals surface area contributed by atoms with Gasteiger partial charge >= 0.3 is 24.3 Å². The van der Waals surface area contributed by atoms with E-state index in [1.165, 1.54) is 5.69 Å². The summed E-state index contributed by atoms with van der Waals surface area (Å²) in [6, 6.07) is 11.6. The molecule has 1 saturated heterocycles. The molecule has 0 amide bonds. The number of carbonyl (C=O) groups is 2. The highest BCUT2D eigenvalue weighted by Crippen LogP contribution is 2.18. The molecule has 0 aliphatic carbocycles. The van der Waals surface area contributed by atoms with Crippen LogP contribution in [0.15, 0.2) is 36.5 Å². The van der Waals surface area contributed by atoms with Crippen LogP contribution in [0.2, 0.25) is 0 Å². The average molecular weight is 526 g/mol. The molecule has 0 bridgehead atoms. The van der Waals surface area contributed by atoms with Crippen molar-refractivity contribution in [3.05, 3.63) is 42.2 Å². The summed E-state index contributed by atoms with van der Waals surface area (Å²) in [7, 11) is 0. The van der Waals surface area contributed by atoms with Crippen molar-refractivity contribution in [1.29, 1.82) is 0 Å². The van der Waals surface area contributed by atoms with Crippen LogP contribution in [-0.2, 0) is 16.1 Å². The number of H-pyrrole nitrogens is 1. The molecule has 1 fully saturated rings. The summed E-state index contributed by atoms with van der Waals surface area (Å²) in [5.41, 5.74) is 2.34. The topological polar surface area (TPSA) is 110 Å². The van der Waals surface area contributed by atoms with Gasteiger partial charge in [0.15, 0.2) is 0 Å². The molecule has 2 heterocycles. The van der Waals surface area contributed by atoms with Crippen molar-refractivity contribution in [2.24, 2.45) is 0 Å². The van der Waals surface area contributed by atoms with Gasteiger partial charge in [-0.15, -0.1) is 0 Å². The highest BCUT2D eigenvalue weighted by Gasteiger charge is 2.38. The summed E-state index contributed by atoms with van der Waals surface area (Å²) in [6.45, 7) is 11.3. The molecule has 36 heavy (non-hydrogen) atoms. The van der Waals surface area contributed by atoms with Crippen LogP contribution in [0.25, 0.3) is 11.4 Å². The number of piperazine rings is 1. The number of nitrogens with one attached hydrogen (secondary N) is 1. The van der Waals surface area contributed by atoms with E-state index in [4.69, 9.17) is 19.8 Å². The number of hydrogen-bond donors (Lipinski definition) is 3. The Kier molecular flexibility index (Phi) is 11.4. The molecule has 0 saturated carbocycles. The Morgan fingerprint density at radius 2 is 1.53 bits per heavy atom. The van der Waals surface area contributed by atoms with Crippen molar-refractivity contribution >= 4 is 11.9 Å². The molecule has 0 spiro atoms. The van der Waals surface area contributed by atoms with Crippen molar-refractivity contribution in [2.45, 2.75) is 51.8 Å². The lowest BCUT2D eigenvalue weighted by molar-refractivity contribution is -0.193. The number of aromatic nitrogens is 2. The summed E-state index contributed by atoms with van der Waals surface area (Å²) in [4.78, 5) is 30.9. The zero-order valence-corrected chi connectivity index (χ0v) is 19.8. The highest BCUT2D eigenvalue weighted by molar-refractivity contribution is 5.73. The van der Waals surface area contributed by atoms with Gasteiger partial charge in [-0.1, -0.05) is 30.3 Å². The summed E-state index contributed by atoms with van der Waals surface area (Å²) < 4.78 is 63.5. The van der Waals surface area contributed by atoms with Crippen LogP contribution >= 0.6 is 0 Å². The smallest absolute Gasteiger partial charge is 0.475 e. The third kappa shape index (κ3) is 10.6. The molecule has 8 nitrogen and oxygen atoms in total. The van der Waals surface area contributed by atoms with E-state index in [-0.39, 0.29) is 0 Å². The highest BCUT2D eigenvalue weighted by atomic mass is 19.4. The molecule has 0 radical (unpaired) electrons. The third-order valence-corrected chi connectivity index (χ3v) is 4.98. The molecule has 3 rings (SSSR count). The SMILES string of the molecule is CC(C)N1CCN(Cc2cnc(-c3ccccc3)[nH]2)CC1C.O=C(O)C(F)(F)F.O=C(O)C(F)(F)F. The second kappa shape index (κ2) is 13.3. The standard InChI is InChI=1S/C18H26N4.2C2HF3O2/c1-14(2)22-10-9-21(12-15(22)3)13-17-11-19-18(20-17)16-7-5-4-6-8-16;2*3-2(4,5)1(6)7/h4-8,11,14-15H,9-10,12-13H2,1-3H3,(H,19,20);2*(H,6,7). The molecule has 1 aromatic heterocycles. The van der Waals surface area contributed by atoms with Crippen molar-refractivity contribution in [2.75, 3.05) is 19.6 Å². The Labute approximate surface area is 203 Å². The van der Waals surface area contributed by atoms with Crippen LogP contribution in [0.3, 0.4) is 0 Å². The van der Waals surface area contributed by atoms with E-state index < -0.39 is 24.3 Å². The number of aromatic amines is 1. The van der Waals surface area contributed by atoms with Gasteiger partial charge in [-0.25, -0.2) is 14.6 Å². The monoisotopic (exact) mass is 526 g/mol. The van der Waals surface area contributed by atoms with Crippen LogP contribution in [0.1, 0.15) is 26.5 Å². The molecular weight excluding hydrogens is 498 g/mol. The van der Waals surface area contributed by atoms with E-state index >= 15 is 0 Å². The van der Waals surface area contributed by atoms with Gasteiger partial charge < -0.3 is 15.2 Å². The number of carboxylic acids is 2. The van der Waals surface area contributed by atoms with E-state index in [2.05, 4.69) is 52.7 Å². The lowest BCUT2D eigenvalue weighted by Gasteiger charge is -2.41. The Morgan fingerprint density at radius 3 is 1.94 bits per heavy atom. The van der Waals surface area contributed by atoms with Crippen LogP contribution in [0.4, 0.5) is 26.3 Å². The number of nitrogens with zero attached hydrogens (tertiary/aromatic N) is 3. The average Bonchev–Trinajstić information content (AvgIpc) is 3.22. The van der Waals surface area contributed by atoms with Gasteiger partial charge in [0, 0.05) is 55.7 Å². The molecule has 1 aliphatic heterocycles. The molecule has 202 valence electrons. The molecule has 1 unspecified atom stereocenters. The van der Waals surface area contributed by atoms with E-state index in [1.807, 2.05) is 24.4 Å². The summed E-state index contributed by atoms with van der Waals surface area (Å²) in [5.74, 6) is -4.55. The molecular formula is C22H28F6N4O4. The zero-order valence-electron chi connectivity index (χ0n) is 19.8. The molecule has 1 aliphatic rings. The first-order valence-corrected chi connectivity index (χ1v) is 10.7. The molecule has 3 N–H and O–H groups in total. The minimum atomic E-state index is -5.08. The van der Waals surface area contributed by atoms with Gasteiger partial charge in [-0.05, 0) is 20.8 Å². The maximum absolute atomic E-state index is 10.6. The molecule has 14 heteroatoms. The number of imidazole rings is 1. The lowest BCUT2D eigenvalue weighted by Crippen LogP contribution is -2.53. The first-order valence-electron chi connectivity index (χ1n) is 10.7. The van der Waals surface area contributed by atoms with Gasteiger partial charge in [0.1, 0.15) is 5.82 Å². The number of carboxylic acid groups (broad SMARTS) is 2. The number of rotatable bonds is 4. The predicted molar refractivity (Wildman–Crippen MR) is 118 cm³/mol. The van der Waals surface area contributed by atoms with Gasteiger partial charge in [0.25, 0.3) is 0 Å². The summed E-state index contributed by atoms with van der Waals surface area (Å²) >= 11 is 0. The number of hydrogen-bond acceptors (Lipinski definition) is 5. The fraction of sp³-hybridized carbons (Fsp3) is 0.500. The van der Waals surface area contributed by atoms with Crippen molar-refractivity contribution in [3.63, 3.8) is 0 Å². The van der Waals surface area contributed by atoms with Gasteiger partial charge in [0.2, 0.25) is 0 Å². The Morgan fingerprint density at radius 1 is 1.03 bits per heavy atom. The first kappa shape index (κ1) is 30.9. The Hall–Kier alpha value is -3.13. The van der Waals surface area contributed by atoms with Crippen LogP contribution < -0.4 is 0 Å². The normalized spacial score (nSPS) is 17.0. The van der Waals surface area contributed by atoms with Crippen molar-refractivity contribution in [1.82, 2.24) is 19.8 Å². The van der Waals surface area contributed by atoms with E-state index in [0.717, 1.165) is 37.6 Å². The lowest BCUT2D eigenvalue weighted by atomic mass is 10.1. The predicted octanol–water partition coefficient (Wildman–Crippen LogP) is 4.26. The van der Waals surface area contributed by atoms with Gasteiger partial charge in [-0.3, -0.25) is 9.80 Å². The Bertz CT molecular complexity index is 939. The molecule has 2 aromatic rings. The largest absolute Gasteiger partial charge is 0.490 e. The molecule has 1 atom stereocenters. The van der Waals surface area contributed by atoms with E-state index in [1.54, 1.807) is 0 Å². The number of halogens is 6. The fourth-order valence-corrected chi connectivity index (χ4v) is 3.38. The maximum Gasteiger partial charge on any atom is 0.490 e. The van der Waals surface area contributed by atoms with Crippen LogP contribution in [0, 0.1) is 0 Å². The van der Waals surface area contributed by atoms with Gasteiger partial charge in [0.05, 0.1) is 0 Å². The number of alkyl halides is 6. The summed E-state index contributed by atoms with van der Waals surface area (Å²) in [5, 5.41) is 14.2. The Balaban J connectivity index is 0.000000383. The van der Waals surface area contributed by atoms with Crippen LogP contribution in [0.5, 0.6) is 0 Å². The maximum atomic E-state index is 10.6. The number of benzene rings is 1. The first-order chi connectivity index (χ1) is 16.5. The van der Waals surface area contributed by atoms with E-state index in [9.17, 15) is 26.3 Å². The van der Waals surface area contributed by atoms with Crippen LogP contribution in [-0.4, -0.2) is 86.0 Å². The van der Waals surface area contributed by atoms with Gasteiger partial charge in [-0.2, -0.15) is 26.3 Å². The fourth-order valence-electron chi connectivity index (χ4n) is 3.38. The number of aliphatic carboxylic acids is 2. The second-order valence-corrected chi connectivity index (χ2v) is 8.14. The minimum absolute atomic E-state index is 0.616. The van der Waals surface area contributed by atoms with E-state index in [0.29, 0.717) is 12.1 Å². The third-order valence-electron chi connectivity index (χ3n) is 4.98. The zero-order chi connectivity index (χ0) is 27.7. The quantitative estimate of drug-likeness (QED) is 0.511. The second-order valence-electron chi connectivity index (χ2n) is 8.14. The molecule has 1 aromatic carbocycles. The summed E-state index contributed by atoms with van der Waals surface area (Å²) in [6.07, 6.45) is -8.19. The van der Waals surface area contributed by atoms with Crippen molar-refractivity contribution in [3.8, 4) is 11.4 Å².